The molecule has 2 atom stereocenters. The first-order valence-corrected chi connectivity index (χ1v) is 8.61. The smallest absolute Gasteiger partial charge is 0.326 e. The molecule has 21 heavy (non-hydrogen) atoms. The third-order valence-corrected chi connectivity index (χ3v) is 4.68. The SMILES string of the molecule is COCCCC(NC(=O)C1CCCN1S(C)(=O)=O)C(=O)O. The molecule has 1 heterocycles. The number of carboxylic acid groups (broad SMARTS) is 1. The number of sulfonamides is 1. The fraction of sp³-hybridized carbons (Fsp3) is 0.833. The molecule has 0 spiro atoms. The number of carbonyl (C=O) groups is 2. The van der Waals surface area contributed by atoms with Crippen LogP contribution in [0.15, 0.2) is 0 Å². The molecule has 0 aliphatic carbocycles. The van der Waals surface area contributed by atoms with Crippen LogP contribution in [-0.4, -0.2) is 68.3 Å². The summed E-state index contributed by atoms with van der Waals surface area (Å²) < 4.78 is 29.2. The molecule has 1 aliphatic heterocycles. The number of amides is 1. The number of hydrogen-bond acceptors (Lipinski definition) is 5. The first-order chi connectivity index (χ1) is 9.77. The van der Waals surface area contributed by atoms with Crippen LogP contribution in [-0.2, 0) is 24.3 Å². The summed E-state index contributed by atoms with van der Waals surface area (Å²) in [6.45, 7) is 0.691. The van der Waals surface area contributed by atoms with E-state index in [0.29, 0.717) is 32.4 Å². The molecule has 2 unspecified atom stereocenters. The molecule has 8 nitrogen and oxygen atoms in total. The van der Waals surface area contributed by atoms with Crippen LogP contribution in [0.5, 0.6) is 0 Å². The van der Waals surface area contributed by atoms with Crippen molar-refractivity contribution in [3.63, 3.8) is 0 Å². The van der Waals surface area contributed by atoms with E-state index < -0.39 is 34.0 Å². The lowest BCUT2D eigenvalue weighted by Crippen LogP contribution is -2.50. The van der Waals surface area contributed by atoms with Gasteiger partial charge in [0.1, 0.15) is 12.1 Å². The molecule has 122 valence electrons. The van der Waals surface area contributed by atoms with E-state index in [1.807, 2.05) is 0 Å². The summed E-state index contributed by atoms with van der Waals surface area (Å²) in [5.74, 6) is -1.69. The van der Waals surface area contributed by atoms with Crippen molar-refractivity contribution >= 4 is 21.9 Å². The average Bonchev–Trinajstić information content (AvgIpc) is 2.86. The molecule has 0 aromatic rings. The van der Waals surface area contributed by atoms with Crippen LogP contribution < -0.4 is 5.32 Å². The molecule has 1 fully saturated rings. The van der Waals surface area contributed by atoms with Crippen LogP contribution in [0.2, 0.25) is 0 Å². The van der Waals surface area contributed by atoms with Gasteiger partial charge in [0, 0.05) is 20.3 Å². The maximum absolute atomic E-state index is 12.1. The van der Waals surface area contributed by atoms with Gasteiger partial charge in [0.25, 0.3) is 0 Å². The maximum Gasteiger partial charge on any atom is 0.326 e. The van der Waals surface area contributed by atoms with Crippen LogP contribution in [0.25, 0.3) is 0 Å². The van der Waals surface area contributed by atoms with Crippen molar-refractivity contribution in [3.05, 3.63) is 0 Å². The van der Waals surface area contributed by atoms with Crippen LogP contribution in [0.1, 0.15) is 25.7 Å². The van der Waals surface area contributed by atoms with Crippen molar-refractivity contribution in [1.82, 2.24) is 9.62 Å². The Morgan fingerprint density at radius 1 is 1.48 bits per heavy atom. The molecule has 1 amide bonds. The number of nitrogens with zero attached hydrogens (tertiary/aromatic N) is 1. The van der Waals surface area contributed by atoms with Gasteiger partial charge in [-0.2, -0.15) is 4.31 Å². The van der Waals surface area contributed by atoms with E-state index in [0.717, 1.165) is 10.6 Å². The Kier molecular flexibility index (Phi) is 6.56. The minimum Gasteiger partial charge on any atom is -0.480 e. The van der Waals surface area contributed by atoms with Crippen molar-refractivity contribution in [2.45, 2.75) is 37.8 Å². The van der Waals surface area contributed by atoms with Gasteiger partial charge in [0.2, 0.25) is 15.9 Å². The summed E-state index contributed by atoms with van der Waals surface area (Å²) in [5, 5.41) is 11.5. The number of aliphatic carboxylic acids is 1. The monoisotopic (exact) mass is 322 g/mol. The fourth-order valence-corrected chi connectivity index (χ4v) is 3.48. The van der Waals surface area contributed by atoms with Gasteiger partial charge in [-0.25, -0.2) is 13.2 Å². The Bertz CT molecular complexity index is 478. The van der Waals surface area contributed by atoms with Gasteiger partial charge < -0.3 is 15.2 Å². The lowest BCUT2D eigenvalue weighted by molar-refractivity contribution is -0.142. The number of rotatable bonds is 8. The van der Waals surface area contributed by atoms with E-state index in [-0.39, 0.29) is 6.42 Å². The number of ether oxygens (including phenoxy) is 1. The highest BCUT2D eigenvalue weighted by Gasteiger charge is 2.37. The first-order valence-electron chi connectivity index (χ1n) is 6.76. The highest BCUT2D eigenvalue weighted by atomic mass is 32.2. The van der Waals surface area contributed by atoms with Gasteiger partial charge in [-0.1, -0.05) is 0 Å². The number of nitrogens with one attached hydrogen (secondary N) is 1. The summed E-state index contributed by atoms with van der Waals surface area (Å²) in [6.07, 6.45) is 2.77. The van der Waals surface area contributed by atoms with Crippen molar-refractivity contribution in [1.29, 1.82) is 0 Å². The molecule has 9 heteroatoms. The van der Waals surface area contributed by atoms with E-state index in [1.54, 1.807) is 0 Å². The number of hydrogen-bond donors (Lipinski definition) is 2. The second-order valence-electron chi connectivity index (χ2n) is 5.07. The second kappa shape index (κ2) is 7.71. The normalized spacial score (nSPS) is 21.1. The lowest BCUT2D eigenvalue weighted by atomic mass is 10.1. The zero-order chi connectivity index (χ0) is 16.0. The molecule has 1 saturated heterocycles. The molecule has 1 aliphatic rings. The predicted molar refractivity (Wildman–Crippen MR) is 75.2 cm³/mol. The van der Waals surface area contributed by atoms with E-state index in [4.69, 9.17) is 9.84 Å². The molecule has 1 rings (SSSR count). The highest BCUT2D eigenvalue weighted by Crippen LogP contribution is 2.20. The van der Waals surface area contributed by atoms with E-state index in [9.17, 15) is 18.0 Å². The zero-order valence-corrected chi connectivity index (χ0v) is 13.1. The van der Waals surface area contributed by atoms with E-state index in [1.165, 1.54) is 7.11 Å². The van der Waals surface area contributed by atoms with Crippen LogP contribution in [0, 0.1) is 0 Å². The molecule has 0 aromatic carbocycles. The Balaban J connectivity index is 2.66. The van der Waals surface area contributed by atoms with Crippen molar-refractivity contribution in [3.8, 4) is 0 Å². The fourth-order valence-electron chi connectivity index (χ4n) is 2.36. The van der Waals surface area contributed by atoms with Gasteiger partial charge in [-0.3, -0.25) is 4.79 Å². The van der Waals surface area contributed by atoms with Crippen molar-refractivity contribution < 1.29 is 27.9 Å². The minimum atomic E-state index is -3.47. The molecule has 0 aromatic heterocycles. The topological polar surface area (TPSA) is 113 Å². The summed E-state index contributed by atoms with van der Waals surface area (Å²) in [6, 6.07) is -1.85. The van der Waals surface area contributed by atoms with E-state index >= 15 is 0 Å². The van der Waals surface area contributed by atoms with Gasteiger partial charge in [-0.05, 0) is 25.7 Å². The average molecular weight is 322 g/mol. The molecule has 2 N–H and O–H groups in total. The summed E-state index contributed by atoms with van der Waals surface area (Å²) in [5.41, 5.74) is 0. The van der Waals surface area contributed by atoms with Crippen molar-refractivity contribution in [2.75, 3.05) is 26.5 Å². The maximum atomic E-state index is 12.1. The zero-order valence-electron chi connectivity index (χ0n) is 12.2. The van der Waals surface area contributed by atoms with Crippen LogP contribution in [0.4, 0.5) is 0 Å². The van der Waals surface area contributed by atoms with Gasteiger partial charge in [0.05, 0.1) is 6.26 Å². The quantitative estimate of drug-likeness (QED) is 0.577. The van der Waals surface area contributed by atoms with Gasteiger partial charge >= 0.3 is 5.97 Å². The second-order valence-corrected chi connectivity index (χ2v) is 7.00. The molecule has 0 saturated carbocycles. The number of carbonyl (C=O) groups excluding carboxylic acids is 1. The molecular formula is C12H22N2O6S. The highest BCUT2D eigenvalue weighted by molar-refractivity contribution is 7.88. The Labute approximate surface area is 124 Å². The van der Waals surface area contributed by atoms with E-state index in [2.05, 4.69) is 5.32 Å². The lowest BCUT2D eigenvalue weighted by Gasteiger charge is -2.23. The first kappa shape index (κ1) is 17.9. The Hall–Kier alpha value is -1.19. The van der Waals surface area contributed by atoms with Crippen LogP contribution >= 0.6 is 0 Å². The van der Waals surface area contributed by atoms with Gasteiger partial charge in [0.15, 0.2) is 0 Å². The Morgan fingerprint density at radius 2 is 2.14 bits per heavy atom. The number of carboxylic acids is 1. The third-order valence-electron chi connectivity index (χ3n) is 3.39. The standard InChI is InChI=1S/C12H22N2O6S/c1-20-8-4-5-9(12(16)17)13-11(15)10-6-3-7-14(10)21(2,18)19/h9-10H,3-8H2,1-2H3,(H,13,15)(H,16,17). The predicted octanol–water partition coefficient (Wildman–Crippen LogP) is -0.594. The minimum absolute atomic E-state index is 0.237. The summed E-state index contributed by atoms with van der Waals surface area (Å²) in [4.78, 5) is 23.3. The summed E-state index contributed by atoms with van der Waals surface area (Å²) >= 11 is 0. The molecule has 0 bridgehead atoms. The van der Waals surface area contributed by atoms with Crippen LogP contribution in [0.3, 0.4) is 0 Å². The number of methoxy groups -OCH3 is 1. The van der Waals surface area contributed by atoms with Gasteiger partial charge in [-0.15, -0.1) is 0 Å². The molecular weight excluding hydrogens is 300 g/mol. The molecule has 0 radical (unpaired) electrons. The Morgan fingerprint density at radius 3 is 2.67 bits per heavy atom. The van der Waals surface area contributed by atoms with Crippen molar-refractivity contribution in [2.24, 2.45) is 0 Å². The third kappa shape index (κ3) is 5.25. The largest absolute Gasteiger partial charge is 0.480 e. The summed E-state index contributed by atoms with van der Waals surface area (Å²) in [7, 11) is -1.96.